The molecule has 0 bridgehead atoms. The molecule has 0 spiro atoms. The third-order valence-electron chi connectivity index (χ3n) is 2.50. The fourth-order valence-corrected chi connectivity index (χ4v) is 2.25. The van der Waals surface area contributed by atoms with Crippen LogP contribution in [0.1, 0.15) is 29.0 Å². The molecule has 2 aromatic heterocycles. The normalized spacial score (nSPS) is 10.9. The Bertz CT molecular complexity index is 447. The van der Waals surface area contributed by atoms with E-state index < -0.39 is 0 Å². The highest BCUT2D eigenvalue weighted by molar-refractivity contribution is 7.09. The molecule has 1 N–H and O–H groups in total. The highest BCUT2D eigenvalue weighted by Gasteiger charge is 2.02. The average molecular weight is 236 g/mol. The van der Waals surface area contributed by atoms with Crippen LogP contribution in [0.5, 0.6) is 0 Å². The van der Waals surface area contributed by atoms with Gasteiger partial charge in [-0.1, -0.05) is 6.92 Å². The van der Waals surface area contributed by atoms with Gasteiger partial charge in [0, 0.05) is 17.8 Å². The number of nitrogens with zero attached hydrogens (tertiary/aromatic N) is 1. The van der Waals surface area contributed by atoms with Crippen LogP contribution in [0.2, 0.25) is 0 Å². The van der Waals surface area contributed by atoms with Crippen LogP contribution >= 0.6 is 11.3 Å². The Hall–Kier alpha value is -1.13. The largest absolute Gasteiger partial charge is 0.465 e. The zero-order valence-electron chi connectivity index (χ0n) is 9.62. The molecule has 0 aromatic carbocycles. The van der Waals surface area contributed by atoms with Gasteiger partial charge in [-0.15, -0.1) is 11.3 Å². The standard InChI is InChI=1S/C12H16N2OS/c1-3-10-4-5-11(15-10)6-13-7-12-9(2)14-8-16-12/h4-5,8,13H,3,6-7H2,1-2H3. The van der Waals surface area contributed by atoms with Crippen molar-refractivity contribution in [2.45, 2.75) is 33.4 Å². The number of nitrogens with one attached hydrogen (secondary N) is 1. The van der Waals surface area contributed by atoms with Crippen LogP contribution < -0.4 is 5.32 Å². The van der Waals surface area contributed by atoms with Crippen molar-refractivity contribution in [3.05, 3.63) is 39.7 Å². The summed E-state index contributed by atoms with van der Waals surface area (Å²) in [6.07, 6.45) is 0.952. The summed E-state index contributed by atoms with van der Waals surface area (Å²) in [5, 5.41) is 3.36. The van der Waals surface area contributed by atoms with Crippen LogP contribution in [0.3, 0.4) is 0 Å². The van der Waals surface area contributed by atoms with E-state index in [0.717, 1.165) is 36.7 Å². The minimum Gasteiger partial charge on any atom is -0.465 e. The molecule has 0 radical (unpaired) electrons. The predicted octanol–water partition coefficient (Wildman–Crippen LogP) is 2.90. The molecule has 0 amide bonds. The summed E-state index contributed by atoms with van der Waals surface area (Å²) >= 11 is 1.69. The van der Waals surface area contributed by atoms with E-state index in [1.54, 1.807) is 11.3 Å². The Morgan fingerprint density at radius 1 is 1.31 bits per heavy atom. The van der Waals surface area contributed by atoms with E-state index in [0.29, 0.717) is 0 Å². The van der Waals surface area contributed by atoms with Crippen molar-refractivity contribution in [2.24, 2.45) is 0 Å². The molecule has 2 rings (SSSR count). The molecule has 86 valence electrons. The molecule has 2 heterocycles. The third kappa shape index (κ3) is 2.71. The van der Waals surface area contributed by atoms with Crippen LogP contribution in [0.15, 0.2) is 22.1 Å². The van der Waals surface area contributed by atoms with Gasteiger partial charge in [-0.25, -0.2) is 4.98 Å². The second kappa shape index (κ2) is 5.27. The molecule has 0 aliphatic rings. The molecule has 0 atom stereocenters. The summed E-state index contributed by atoms with van der Waals surface area (Å²) in [6.45, 7) is 5.77. The van der Waals surface area contributed by atoms with E-state index in [-0.39, 0.29) is 0 Å². The maximum Gasteiger partial charge on any atom is 0.117 e. The molecule has 2 aromatic rings. The molecule has 0 saturated carbocycles. The van der Waals surface area contributed by atoms with Crippen LogP contribution in [-0.4, -0.2) is 4.98 Å². The van der Waals surface area contributed by atoms with E-state index in [4.69, 9.17) is 4.42 Å². The molecule has 16 heavy (non-hydrogen) atoms. The predicted molar refractivity (Wildman–Crippen MR) is 65.5 cm³/mol. The second-order valence-corrected chi connectivity index (χ2v) is 4.63. The lowest BCUT2D eigenvalue weighted by Crippen LogP contribution is -2.11. The SMILES string of the molecule is CCc1ccc(CNCc2scnc2C)o1. The first-order valence-corrected chi connectivity index (χ1v) is 6.35. The van der Waals surface area contributed by atoms with Crippen LogP contribution in [-0.2, 0) is 19.5 Å². The second-order valence-electron chi connectivity index (χ2n) is 3.69. The first-order chi connectivity index (χ1) is 7.79. The van der Waals surface area contributed by atoms with Gasteiger partial charge < -0.3 is 9.73 Å². The number of thiazole rings is 1. The van der Waals surface area contributed by atoms with Crippen molar-refractivity contribution in [1.82, 2.24) is 10.3 Å². The summed E-state index contributed by atoms with van der Waals surface area (Å²) in [4.78, 5) is 5.51. The maximum atomic E-state index is 5.61. The van der Waals surface area contributed by atoms with E-state index in [2.05, 4.69) is 17.2 Å². The number of aromatic nitrogens is 1. The van der Waals surface area contributed by atoms with Crippen LogP contribution in [0.4, 0.5) is 0 Å². The number of rotatable bonds is 5. The zero-order valence-corrected chi connectivity index (χ0v) is 10.4. The first kappa shape index (κ1) is 11.4. The fourth-order valence-electron chi connectivity index (χ4n) is 1.50. The summed E-state index contributed by atoms with van der Waals surface area (Å²) in [6, 6.07) is 4.07. The molecular formula is C12H16N2OS. The highest BCUT2D eigenvalue weighted by atomic mass is 32.1. The molecule has 0 unspecified atom stereocenters. The molecule has 0 fully saturated rings. The summed E-state index contributed by atoms with van der Waals surface area (Å²) < 4.78 is 5.61. The molecule has 0 saturated heterocycles. The van der Waals surface area contributed by atoms with E-state index >= 15 is 0 Å². The first-order valence-electron chi connectivity index (χ1n) is 5.47. The Labute approximate surface area is 99.5 Å². The van der Waals surface area contributed by atoms with E-state index in [9.17, 15) is 0 Å². The Balaban J connectivity index is 1.82. The number of furan rings is 1. The van der Waals surface area contributed by atoms with Crippen molar-refractivity contribution in [3.63, 3.8) is 0 Å². The molecule has 0 aliphatic carbocycles. The minimum atomic E-state index is 0.775. The van der Waals surface area contributed by atoms with Crippen LogP contribution in [0.25, 0.3) is 0 Å². The van der Waals surface area contributed by atoms with Gasteiger partial charge in [-0.05, 0) is 19.1 Å². The monoisotopic (exact) mass is 236 g/mol. The van der Waals surface area contributed by atoms with Crippen molar-refractivity contribution < 1.29 is 4.42 Å². The summed E-state index contributed by atoms with van der Waals surface area (Å²) in [5.74, 6) is 2.05. The van der Waals surface area contributed by atoms with Gasteiger partial charge in [-0.3, -0.25) is 0 Å². The lowest BCUT2D eigenvalue weighted by Gasteiger charge is -2.01. The molecule has 0 aliphatic heterocycles. The van der Waals surface area contributed by atoms with Gasteiger partial charge in [0.2, 0.25) is 0 Å². The molecule has 4 heteroatoms. The zero-order chi connectivity index (χ0) is 11.4. The van der Waals surface area contributed by atoms with Crippen molar-refractivity contribution in [3.8, 4) is 0 Å². The van der Waals surface area contributed by atoms with E-state index in [1.165, 1.54) is 4.88 Å². The van der Waals surface area contributed by atoms with Crippen molar-refractivity contribution in [1.29, 1.82) is 0 Å². The fraction of sp³-hybridized carbons (Fsp3) is 0.417. The average Bonchev–Trinajstić information content (AvgIpc) is 2.89. The van der Waals surface area contributed by atoms with Crippen LogP contribution in [0, 0.1) is 6.92 Å². The van der Waals surface area contributed by atoms with Gasteiger partial charge in [0.05, 0.1) is 17.7 Å². The number of hydrogen-bond acceptors (Lipinski definition) is 4. The topological polar surface area (TPSA) is 38.1 Å². The summed E-state index contributed by atoms with van der Waals surface area (Å²) in [7, 11) is 0. The number of aryl methyl sites for hydroxylation is 2. The minimum absolute atomic E-state index is 0.775. The Morgan fingerprint density at radius 3 is 2.75 bits per heavy atom. The lowest BCUT2D eigenvalue weighted by atomic mass is 10.3. The number of hydrogen-bond donors (Lipinski definition) is 1. The summed E-state index contributed by atoms with van der Waals surface area (Å²) in [5.41, 5.74) is 3.00. The Morgan fingerprint density at radius 2 is 2.12 bits per heavy atom. The Kier molecular flexibility index (Phi) is 3.74. The van der Waals surface area contributed by atoms with Gasteiger partial charge in [-0.2, -0.15) is 0 Å². The van der Waals surface area contributed by atoms with Crippen molar-refractivity contribution in [2.75, 3.05) is 0 Å². The lowest BCUT2D eigenvalue weighted by molar-refractivity contribution is 0.450. The van der Waals surface area contributed by atoms with Crippen molar-refractivity contribution >= 4 is 11.3 Å². The van der Waals surface area contributed by atoms with Gasteiger partial charge in [0.15, 0.2) is 0 Å². The highest BCUT2D eigenvalue weighted by Crippen LogP contribution is 2.12. The van der Waals surface area contributed by atoms with Gasteiger partial charge >= 0.3 is 0 Å². The molecular weight excluding hydrogens is 220 g/mol. The van der Waals surface area contributed by atoms with E-state index in [1.807, 2.05) is 24.6 Å². The van der Waals surface area contributed by atoms with Gasteiger partial charge in [0.1, 0.15) is 11.5 Å². The maximum absolute atomic E-state index is 5.61. The smallest absolute Gasteiger partial charge is 0.117 e. The van der Waals surface area contributed by atoms with Gasteiger partial charge in [0.25, 0.3) is 0 Å². The molecule has 3 nitrogen and oxygen atoms in total. The third-order valence-corrected chi connectivity index (χ3v) is 3.43. The quantitative estimate of drug-likeness (QED) is 0.867.